The number of ether oxygens (including phenoxy) is 2. The molecule has 7 N–H and O–H groups in total. The maximum atomic E-state index is 11.9. The van der Waals surface area contributed by atoms with Gasteiger partial charge in [0.15, 0.2) is 0 Å². The number of carbonyl (C=O) groups excluding carboxylic acids is 2. The summed E-state index contributed by atoms with van der Waals surface area (Å²) in [7, 11) is 0. The van der Waals surface area contributed by atoms with Gasteiger partial charge in [0.05, 0.1) is 24.4 Å². The third-order valence-electron chi connectivity index (χ3n) is 10.3. The maximum absolute atomic E-state index is 11.9. The number of fused-ring (bicyclic) bond motifs is 9. The van der Waals surface area contributed by atoms with Gasteiger partial charge in [-0.2, -0.15) is 13.5 Å². The number of rotatable bonds is 5. The summed E-state index contributed by atoms with van der Waals surface area (Å²) < 4.78 is 10.2. The van der Waals surface area contributed by atoms with Gasteiger partial charge in [-0.05, 0) is 70.0 Å². The number of para-hydroxylation sites is 3. The predicted octanol–water partition coefficient (Wildman–Crippen LogP) is 4.28. The summed E-state index contributed by atoms with van der Waals surface area (Å²) >= 11 is 0. The van der Waals surface area contributed by atoms with E-state index in [2.05, 4.69) is 68.7 Å². The van der Waals surface area contributed by atoms with Crippen LogP contribution in [0, 0.1) is 6.92 Å². The molecule has 0 fully saturated rings. The number of aromatic amines is 3. The molecule has 58 heavy (non-hydrogen) atoms. The van der Waals surface area contributed by atoms with E-state index in [-0.39, 0.29) is 90.3 Å². The monoisotopic (exact) mass is 816 g/mol. The van der Waals surface area contributed by atoms with Crippen LogP contribution in [0.15, 0.2) is 78.9 Å². The van der Waals surface area contributed by atoms with Crippen LogP contribution in [-0.4, -0.2) is 73.7 Å². The first kappa shape index (κ1) is 46.0. The van der Waals surface area contributed by atoms with Crippen LogP contribution in [0.5, 0.6) is 0 Å². The first-order chi connectivity index (χ1) is 26.6. The van der Waals surface area contributed by atoms with Gasteiger partial charge in [0.1, 0.15) is 17.8 Å². The SMILES string of the molecule is CCOC(=O)C1Cc2c([nH]c3ccccc23)C(C)N1.CCOC(=O)[C@@H]1Cc2c([nH]c3ccccc23)[C@H](C)N1.Cc1nc(C(=O)O)cc2c1[nH]c1ccccc12.S.[Na+].[OH-]. The minimum atomic E-state index is -1.000. The van der Waals surface area contributed by atoms with Crippen molar-refractivity contribution in [2.24, 2.45) is 0 Å². The van der Waals surface area contributed by atoms with Crippen LogP contribution in [0.3, 0.4) is 0 Å². The second-order valence-corrected chi connectivity index (χ2v) is 13.9. The van der Waals surface area contributed by atoms with Crippen LogP contribution in [-0.2, 0) is 31.9 Å². The van der Waals surface area contributed by atoms with E-state index in [1.54, 1.807) is 6.07 Å². The average Bonchev–Trinajstić information content (AvgIpc) is 3.88. The van der Waals surface area contributed by atoms with Gasteiger partial charge in [-0.25, -0.2) is 9.78 Å². The normalized spacial score (nSPS) is 17.8. The number of aromatic carboxylic acids is 1. The minimum Gasteiger partial charge on any atom is -0.870 e. The minimum absolute atomic E-state index is 0. The Balaban J connectivity index is 0.000000188. The van der Waals surface area contributed by atoms with Crippen molar-refractivity contribution >= 4 is 75.0 Å². The van der Waals surface area contributed by atoms with Crippen LogP contribution in [0.1, 0.15) is 78.5 Å². The molecule has 4 atom stereocenters. The third kappa shape index (κ3) is 9.29. The molecular weight excluding hydrogens is 768 g/mol. The van der Waals surface area contributed by atoms with Gasteiger partial charge >= 0.3 is 47.5 Å². The molecule has 7 aromatic rings. The molecular formula is C43H49N6NaO7S. The van der Waals surface area contributed by atoms with Crippen molar-refractivity contribution < 1.29 is 64.0 Å². The Morgan fingerprint density at radius 2 is 1.10 bits per heavy atom. The quantitative estimate of drug-likeness (QED) is 0.108. The Morgan fingerprint density at radius 1 is 0.690 bits per heavy atom. The molecule has 2 unspecified atom stereocenters. The number of H-pyrrole nitrogens is 3. The summed E-state index contributed by atoms with van der Waals surface area (Å²) in [5, 5.41) is 20.0. The summed E-state index contributed by atoms with van der Waals surface area (Å²) in [6.45, 7) is 10.5. The Kier molecular flexibility index (Phi) is 15.8. The average molecular weight is 817 g/mol. The van der Waals surface area contributed by atoms with E-state index in [9.17, 15) is 14.4 Å². The van der Waals surface area contributed by atoms with Gasteiger partial charge in [-0.1, -0.05) is 54.6 Å². The fourth-order valence-corrected chi connectivity index (χ4v) is 7.82. The van der Waals surface area contributed by atoms with Crippen molar-refractivity contribution in [3.63, 3.8) is 0 Å². The number of pyridine rings is 1. The number of hydrogen-bond acceptors (Lipinski definition) is 9. The van der Waals surface area contributed by atoms with E-state index < -0.39 is 5.97 Å². The summed E-state index contributed by atoms with van der Waals surface area (Å²) in [6, 6.07) is 25.6. The van der Waals surface area contributed by atoms with E-state index in [4.69, 9.17) is 14.6 Å². The molecule has 4 aromatic heterocycles. The molecule has 0 radical (unpaired) electrons. The van der Waals surface area contributed by atoms with Gasteiger partial charge in [0.2, 0.25) is 0 Å². The number of hydrogen-bond donors (Lipinski definition) is 6. The zero-order chi connectivity index (χ0) is 38.8. The topological polar surface area (TPSA) is 204 Å². The molecule has 0 saturated heterocycles. The number of esters is 2. The van der Waals surface area contributed by atoms with Gasteiger partial charge in [0.25, 0.3) is 0 Å². The number of carboxylic acids is 1. The van der Waals surface area contributed by atoms with E-state index in [0.29, 0.717) is 31.7 Å². The Hall–Kier alpha value is -4.67. The zero-order valence-corrected chi connectivity index (χ0v) is 36.5. The number of aromatic nitrogens is 4. The number of carbonyl (C=O) groups is 3. The first-order valence-corrected chi connectivity index (χ1v) is 18.7. The summed E-state index contributed by atoms with van der Waals surface area (Å²) in [6.07, 6.45) is 1.37. The van der Waals surface area contributed by atoms with E-state index in [1.807, 2.05) is 69.3 Å². The smallest absolute Gasteiger partial charge is 0.870 e. The molecule has 300 valence electrons. The fraction of sp³-hybridized carbons (Fsp3) is 0.302. The van der Waals surface area contributed by atoms with Crippen LogP contribution < -0.4 is 40.2 Å². The molecule has 0 saturated carbocycles. The fourth-order valence-electron chi connectivity index (χ4n) is 7.82. The van der Waals surface area contributed by atoms with Gasteiger partial charge in [0, 0.05) is 74.4 Å². The molecule has 2 aliphatic rings. The van der Waals surface area contributed by atoms with Crippen LogP contribution in [0.4, 0.5) is 0 Å². The number of nitrogens with one attached hydrogen (secondary N) is 5. The second kappa shape index (κ2) is 19.9. The van der Waals surface area contributed by atoms with Crippen molar-refractivity contribution in [2.75, 3.05) is 13.2 Å². The number of benzene rings is 3. The van der Waals surface area contributed by atoms with E-state index in [0.717, 1.165) is 32.8 Å². The zero-order valence-electron chi connectivity index (χ0n) is 33.5. The largest absolute Gasteiger partial charge is 1.00 e. The molecule has 15 heteroatoms. The maximum Gasteiger partial charge on any atom is 1.00 e. The predicted molar refractivity (Wildman–Crippen MR) is 226 cm³/mol. The van der Waals surface area contributed by atoms with Crippen molar-refractivity contribution in [2.45, 2.75) is 71.6 Å². The summed E-state index contributed by atoms with van der Waals surface area (Å²) in [5.41, 5.74) is 9.78. The van der Waals surface area contributed by atoms with Gasteiger partial charge in [-0.3, -0.25) is 20.2 Å². The van der Waals surface area contributed by atoms with Crippen molar-refractivity contribution in [3.8, 4) is 0 Å². The third-order valence-corrected chi connectivity index (χ3v) is 10.3. The summed E-state index contributed by atoms with van der Waals surface area (Å²) in [5.74, 6) is -1.32. The van der Waals surface area contributed by atoms with Crippen molar-refractivity contribution in [1.29, 1.82) is 0 Å². The Labute approximate surface area is 365 Å². The second-order valence-electron chi connectivity index (χ2n) is 13.9. The van der Waals surface area contributed by atoms with E-state index >= 15 is 0 Å². The number of aryl methyl sites for hydroxylation is 1. The van der Waals surface area contributed by atoms with Crippen LogP contribution in [0.25, 0.3) is 43.6 Å². The molecule has 6 heterocycles. The Morgan fingerprint density at radius 3 is 1.53 bits per heavy atom. The standard InChI is InChI=1S/2C15H18N2O2.C13H10N2O2.Na.H2O.H2S/c2*1-3-19-15(18)13-8-11-10-6-4-5-7-12(10)17-14(11)9(2)16-13;1-7-12-9(6-11(14-7)13(16)17)8-4-2-3-5-10(8)15-12;;;/h2*4-7,9,13,16-17H,3,8H2,1-2H3;2-6,15H,1H3,(H,16,17);;2*1H2/q;;;+1;;/p-1/t9-,13-;;;;;/m0...../s1. The molecule has 2 aliphatic heterocycles. The molecule has 0 bridgehead atoms. The van der Waals surface area contributed by atoms with Crippen LogP contribution in [0.2, 0.25) is 0 Å². The molecule has 0 aliphatic carbocycles. The van der Waals surface area contributed by atoms with E-state index in [1.165, 1.54) is 33.3 Å². The van der Waals surface area contributed by atoms with Gasteiger partial charge < -0.3 is 35.0 Å². The number of carboxylic acid groups (broad SMARTS) is 1. The molecule has 9 rings (SSSR count). The van der Waals surface area contributed by atoms with Crippen molar-refractivity contribution in [3.05, 3.63) is 113 Å². The van der Waals surface area contributed by atoms with Gasteiger partial charge in [-0.15, -0.1) is 0 Å². The molecule has 0 amide bonds. The molecule has 3 aromatic carbocycles. The van der Waals surface area contributed by atoms with Crippen molar-refractivity contribution in [1.82, 2.24) is 30.6 Å². The Bertz CT molecular complexity index is 2440. The molecule has 0 spiro atoms. The first-order valence-electron chi connectivity index (χ1n) is 18.7. The molecule has 13 nitrogen and oxygen atoms in total. The number of nitrogens with zero attached hydrogens (tertiary/aromatic N) is 1. The summed E-state index contributed by atoms with van der Waals surface area (Å²) in [4.78, 5) is 49.0. The van der Waals surface area contributed by atoms with Crippen LogP contribution >= 0.6 is 13.5 Å².